The van der Waals surface area contributed by atoms with Crippen LogP contribution in [0.3, 0.4) is 0 Å². The summed E-state index contributed by atoms with van der Waals surface area (Å²) in [5, 5.41) is 13.8. The van der Waals surface area contributed by atoms with E-state index in [1.54, 1.807) is 11.8 Å². The lowest BCUT2D eigenvalue weighted by molar-refractivity contribution is 0.270. The van der Waals surface area contributed by atoms with Crippen LogP contribution in [0.1, 0.15) is 18.1 Å². The van der Waals surface area contributed by atoms with Gasteiger partial charge in [-0.15, -0.1) is 23.5 Å². The zero-order valence-corrected chi connectivity index (χ0v) is 17.3. The van der Waals surface area contributed by atoms with Gasteiger partial charge in [0.25, 0.3) is 0 Å². The highest BCUT2D eigenvalue weighted by Gasteiger charge is 2.19. The van der Waals surface area contributed by atoms with Crippen molar-refractivity contribution < 1.29 is 9.84 Å². The molecule has 1 aliphatic rings. The molecule has 0 bridgehead atoms. The van der Waals surface area contributed by atoms with E-state index in [0.29, 0.717) is 24.3 Å². The van der Waals surface area contributed by atoms with E-state index in [1.165, 1.54) is 10.5 Å². The van der Waals surface area contributed by atoms with Crippen molar-refractivity contribution in [1.29, 1.82) is 0 Å². The smallest absolute Gasteiger partial charge is 0.133 e. The van der Waals surface area contributed by atoms with Gasteiger partial charge in [0.1, 0.15) is 18.1 Å². The average Bonchev–Trinajstić information content (AvgIpc) is 2.85. The van der Waals surface area contributed by atoms with Gasteiger partial charge in [-0.3, -0.25) is 0 Å². The second kappa shape index (κ2) is 9.07. The van der Waals surface area contributed by atoms with Crippen molar-refractivity contribution in [3.8, 4) is 11.5 Å². The van der Waals surface area contributed by atoms with E-state index in [2.05, 4.69) is 37.4 Å². The summed E-state index contributed by atoms with van der Waals surface area (Å²) >= 11 is 3.61. The molecule has 2 aromatic rings. The Balaban J connectivity index is 1.46. The summed E-state index contributed by atoms with van der Waals surface area (Å²) < 4.78 is 6.01. The SMILES string of the molecule is Cc1cccc(SC[C@H](C)CNC2COc3cccc(C)c3SC2)c1O. The number of aromatic hydroxyl groups is 1. The summed E-state index contributed by atoms with van der Waals surface area (Å²) in [5.74, 6) is 3.94. The number of hydrogen-bond acceptors (Lipinski definition) is 5. The van der Waals surface area contributed by atoms with Gasteiger partial charge in [0.2, 0.25) is 0 Å². The first-order valence-electron chi connectivity index (χ1n) is 9.04. The number of ether oxygens (including phenoxy) is 1. The van der Waals surface area contributed by atoms with Crippen LogP contribution in [-0.2, 0) is 0 Å². The molecular formula is C21H27NO2S2. The highest BCUT2D eigenvalue weighted by Crippen LogP contribution is 2.35. The minimum atomic E-state index is 0.353. The van der Waals surface area contributed by atoms with Crippen molar-refractivity contribution in [3.05, 3.63) is 47.5 Å². The first-order valence-corrected chi connectivity index (χ1v) is 11.0. The molecule has 2 atom stereocenters. The lowest BCUT2D eigenvalue weighted by atomic mass is 10.2. The van der Waals surface area contributed by atoms with E-state index in [9.17, 15) is 5.11 Å². The van der Waals surface area contributed by atoms with Crippen molar-refractivity contribution >= 4 is 23.5 Å². The van der Waals surface area contributed by atoms with Crippen LogP contribution in [0.15, 0.2) is 46.2 Å². The number of para-hydroxylation sites is 1. The standard InChI is InChI=1S/C21H27NO2S2/c1-14(12-25-19-9-5-6-15(2)20(19)23)10-22-17-11-24-18-8-4-7-16(3)21(18)26-13-17/h4-9,14,17,22-23H,10-13H2,1-3H3/t14-,17?/m1/s1. The van der Waals surface area contributed by atoms with Crippen molar-refractivity contribution in [2.75, 3.05) is 24.7 Å². The van der Waals surface area contributed by atoms with Crippen LogP contribution in [0.2, 0.25) is 0 Å². The number of benzene rings is 2. The Kier molecular flexibility index (Phi) is 6.79. The topological polar surface area (TPSA) is 41.5 Å². The van der Waals surface area contributed by atoms with E-state index in [4.69, 9.17) is 4.74 Å². The molecule has 1 heterocycles. The van der Waals surface area contributed by atoms with Crippen molar-refractivity contribution in [2.45, 2.75) is 36.6 Å². The number of nitrogens with one attached hydrogen (secondary N) is 1. The molecule has 0 saturated carbocycles. The van der Waals surface area contributed by atoms with E-state index < -0.39 is 0 Å². The maximum atomic E-state index is 10.1. The van der Waals surface area contributed by atoms with E-state index >= 15 is 0 Å². The minimum absolute atomic E-state index is 0.353. The highest BCUT2D eigenvalue weighted by atomic mass is 32.2. The molecule has 5 heteroatoms. The molecule has 140 valence electrons. The number of fused-ring (bicyclic) bond motifs is 1. The highest BCUT2D eigenvalue weighted by molar-refractivity contribution is 7.99. The molecule has 0 spiro atoms. The Morgan fingerprint density at radius 3 is 2.85 bits per heavy atom. The molecule has 0 radical (unpaired) electrons. The molecule has 1 unspecified atom stereocenters. The fraction of sp³-hybridized carbons (Fsp3) is 0.429. The van der Waals surface area contributed by atoms with Gasteiger partial charge in [-0.25, -0.2) is 0 Å². The van der Waals surface area contributed by atoms with Gasteiger partial charge < -0.3 is 15.2 Å². The third-order valence-corrected chi connectivity index (χ3v) is 7.28. The van der Waals surface area contributed by atoms with Gasteiger partial charge in [-0.2, -0.15) is 0 Å². The molecule has 0 aromatic heterocycles. The molecule has 0 fully saturated rings. The van der Waals surface area contributed by atoms with Crippen molar-refractivity contribution in [3.63, 3.8) is 0 Å². The first kappa shape index (κ1) is 19.5. The zero-order valence-electron chi connectivity index (χ0n) is 15.6. The molecule has 0 amide bonds. The number of phenols is 1. The van der Waals surface area contributed by atoms with Crippen LogP contribution in [-0.4, -0.2) is 35.8 Å². The number of rotatable bonds is 6. The molecule has 2 N–H and O–H groups in total. The number of hydrogen-bond donors (Lipinski definition) is 2. The number of thioether (sulfide) groups is 2. The zero-order chi connectivity index (χ0) is 18.5. The third kappa shape index (κ3) is 4.90. The molecule has 0 saturated heterocycles. The average molecular weight is 390 g/mol. The molecule has 3 rings (SSSR count). The summed E-state index contributed by atoms with van der Waals surface area (Å²) in [6.45, 7) is 7.98. The Hall–Kier alpha value is -1.30. The Bertz CT molecular complexity index is 751. The second-order valence-corrected chi connectivity index (χ2v) is 9.06. The van der Waals surface area contributed by atoms with Gasteiger partial charge in [-0.05, 0) is 49.6 Å². The summed E-state index contributed by atoms with van der Waals surface area (Å²) in [6.07, 6.45) is 0. The summed E-state index contributed by atoms with van der Waals surface area (Å²) in [4.78, 5) is 2.24. The number of phenolic OH excluding ortho intramolecular Hbond substituents is 1. The van der Waals surface area contributed by atoms with Crippen LogP contribution in [0.4, 0.5) is 0 Å². The first-order chi connectivity index (χ1) is 12.5. The fourth-order valence-corrected chi connectivity index (χ4v) is 5.07. The van der Waals surface area contributed by atoms with Crippen LogP contribution < -0.4 is 10.1 Å². The van der Waals surface area contributed by atoms with Gasteiger partial charge in [0, 0.05) is 16.4 Å². The molecular weight excluding hydrogens is 362 g/mol. The van der Waals surface area contributed by atoms with Crippen molar-refractivity contribution in [1.82, 2.24) is 5.32 Å². The van der Waals surface area contributed by atoms with Gasteiger partial charge in [0.05, 0.1) is 10.9 Å². The molecule has 26 heavy (non-hydrogen) atoms. The summed E-state index contributed by atoms with van der Waals surface area (Å²) in [6, 6.07) is 12.5. The molecule has 1 aliphatic heterocycles. The fourth-order valence-electron chi connectivity index (χ4n) is 2.87. The quantitative estimate of drug-likeness (QED) is 0.689. The minimum Gasteiger partial charge on any atom is -0.507 e. The predicted octanol–water partition coefficient (Wildman–Crippen LogP) is 4.88. The molecule has 2 aromatic carbocycles. The summed E-state index contributed by atoms with van der Waals surface area (Å²) in [7, 11) is 0. The maximum Gasteiger partial charge on any atom is 0.133 e. The Labute approximate surface area is 164 Å². The van der Waals surface area contributed by atoms with Crippen LogP contribution in [0, 0.1) is 19.8 Å². The van der Waals surface area contributed by atoms with Crippen LogP contribution in [0.5, 0.6) is 11.5 Å². The van der Waals surface area contributed by atoms with Gasteiger partial charge in [-0.1, -0.05) is 31.2 Å². The lowest BCUT2D eigenvalue weighted by Gasteiger charge is -2.19. The second-order valence-electron chi connectivity index (χ2n) is 6.97. The Morgan fingerprint density at radius 1 is 1.23 bits per heavy atom. The summed E-state index contributed by atoms with van der Waals surface area (Å²) in [5.41, 5.74) is 2.22. The van der Waals surface area contributed by atoms with E-state index in [1.807, 2.05) is 36.9 Å². The van der Waals surface area contributed by atoms with Crippen LogP contribution in [0.25, 0.3) is 0 Å². The van der Waals surface area contributed by atoms with Crippen LogP contribution >= 0.6 is 23.5 Å². The monoisotopic (exact) mass is 389 g/mol. The molecule has 3 nitrogen and oxygen atoms in total. The van der Waals surface area contributed by atoms with Crippen molar-refractivity contribution in [2.24, 2.45) is 5.92 Å². The van der Waals surface area contributed by atoms with E-state index in [0.717, 1.165) is 34.3 Å². The van der Waals surface area contributed by atoms with E-state index in [-0.39, 0.29) is 0 Å². The largest absolute Gasteiger partial charge is 0.507 e. The number of aryl methyl sites for hydroxylation is 2. The predicted molar refractivity (Wildman–Crippen MR) is 112 cm³/mol. The molecule has 0 aliphatic carbocycles. The van der Waals surface area contributed by atoms with Gasteiger partial charge in [0.15, 0.2) is 0 Å². The lowest BCUT2D eigenvalue weighted by Crippen LogP contribution is -2.39. The Morgan fingerprint density at radius 2 is 2.00 bits per heavy atom. The maximum absolute atomic E-state index is 10.1. The van der Waals surface area contributed by atoms with Gasteiger partial charge >= 0.3 is 0 Å². The normalized spacial score (nSPS) is 17.9. The third-order valence-electron chi connectivity index (χ3n) is 4.52.